The topological polar surface area (TPSA) is 59.3 Å². The van der Waals surface area contributed by atoms with Crippen LogP contribution in [-0.4, -0.2) is 46.1 Å². The third-order valence-electron chi connectivity index (χ3n) is 7.38. The van der Waals surface area contributed by atoms with Gasteiger partial charge in [-0.25, -0.2) is 4.79 Å². The molecule has 1 aliphatic carbocycles. The molecule has 1 amide bonds. The first-order valence-electron chi connectivity index (χ1n) is 12.6. The summed E-state index contributed by atoms with van der Waals surface area (Å²) in [4.78, 5) is 30.3. The van der Waals surface area contributed by atoms with E-state index in [0.29, 0.717) is 18.8 Å². The summed E-state index contributed by atoms with van der Waals surface area (Å²) >= 11 is 0. The number of hydrogen-bond donors (Lipinski definition) is 1. The molecule has 1 saturated heterocycles. The number of rotatable bonds is 5. The molecule has 34 heavy (non-hydrogen) atoms. The summed E-state index contributed by atoms with van der Waals surface area (Å²) in [7, 11) is 0. The van der Waals surface area contributed by atoms with Crippen LogP contribution in [-0.2, 0) is 0 Å². The van der Waals surface area contributed by atoms with Gasteiger partial charge in [0, 0.05) is 37.8 Å². The van der Waals surface area contributed by atoms with Crippen molar-refractivity contribution in [2.75, 3.05) is 26.2 Å². The normalized spacial score (nSPS) is 18.1. The van der Waals surface area contributed by atoms with Gasteiger partial charge in [-0.15, -0.1) is 0 Å². The highest BCUT2D eigenvalue weighted by Crippen LogP contribution is 2.35. The Hall–Kier alpha value is -3.12. The van der Waals surface area contributed by atoms with E-state index in [1.54, 1.807) is 4.57 Å². The number of nitrogens with zero attached hydrogens (tertiary/aromatic N) is 3. The molecule has 2 aliphatic rings. The van der Waals surface area contributed by atoms with Crippen LogP contribution in [0.3, 0.4) is 0 Å². The summed E-state index contributed by atoms with van der Waals surface area (Å²) in [5, 5.41) is 3.33. The van der Waals surface area contributed by atoms with Crippen LogP contribution >= 0.6 is 0 Å². The third-order valence-corrected chi connectivity index (χ3v) is 7.38. The largest absolute Gasteiger partial charge is 0.335 e. The number of imidazole rings is 1. The average Bonchev–Trinajstić information content (AvgIpc) is 3.22. The molecule has 2 aromatic carbocycles. The van der Waals surface area contributed by atoms with E-state index in [1.165, 1.54) is 6.42 Å². The predicted octanol–water partition coefficient (Wildman–Crippen LogP) is 4.48. The van der Waals surface area contributed by atoms with Gasteiger partial charge in [0.05, 0.1) is 11.7 Å². The first-order valence-corrected chi connectivity index (χ1v) is 12.6. The fraction of sp³-hybridized carbons (Fsp3) is 0.429. The Labute approximate surface area is 201 Å². The number of piperazine rings is 1. The molecule has 1 aliphatic heterocycles. The maximum absolute atomic E-state index is 14.2. The molecule has 3 aromatic rings. The van der Waals surface area contributed by atoms with E-state index in [0.717, 1.165) is 55.6 Å². The minimum absolute atomic E-state index is 0.0465. The van der Waals surface area contributed by atoms with Crippen LogP contribution in [0.5, 0.6) is 0 Å². The Morgan fingerprint density at radius 3 is 2.18 bits per heavy atom. The maximum Gasteiger partial charge on any atom is 0.330 e. The smallest absolute Gasteiger partial charge is 0.330 e. The van der Waals surface area contributed by atoms with Crippen molar-refractivity contribution in [1.29, 1.82) is 0 Å². The zero-order valence-corrected chi connectivity index (χ0v) is 20.0. The van der Waals surface area contributed by atoms with Gasteiger partial charge in [0.1, 0.15) is 5.69 Å². The molecule has 1 unspecified atom stereocenters. The monoisotopic (exact) mass is 458 g/mol. The summed E-state index contributed by atoms with van der Waals surface area (Å²) < 4.78 is 3.74. The molecule has 6 heteroatoms. The van der Waals surface area contributed by atoms with E-state index in [9.17, 15) is 9.59 Å². The van der Waals surface area contributed by atoms with E-state index >= 15 is 0 Å². The molecule has 6 nitrogen and oxygen atoms in total. The number of aromatic nitrogens is 2. The molecule has 1 atom stereocenters. The summed E-state index contributed by atoms with van der Waals surface area (Å²) in [5.41, 5.74) is 3.20. The van der Waals surface area contributed by atoms with E-state index < -0.39 is 0 Å². The van der Waals surface area contributed by atoms with Crippen molar-refractivity contribution in [2.45, 2.75) is 51.1 Å². The first kappa shape index (κ1) is 22.7. The standard InChI is InChI=1S/C28H34N4O2/c1-21(22-11-5-2-6-12-22)31-26(27(33)30-19-17-29-18-20-30)25(23-13-7-3-8-14-23)32(28(31)34)24-15-9-4-10-16-24/h2-3,5-8,11-14,21,24,29H,4,9-10,15-20H2,1H3. The lowest BCUT2D eigenvalue weighted by atomic mass is 9.94. The number of hydrogen-bond acceptors (Lipinski definition) is 3. The number of carbonyl (C=O) groups excluding carboxylic acids is 1. The first-order chi connectivity index (χ1) is 16.7. The molecule has 1 N–H and O–H groups in total. The van der Waals surface area contributed by atoms with E-state index in [2.05, 4.69) is 5.32 Å². The van der Waals surface area contributed by atoms with E-state index in [-0.39, 0.29) is 23.7 Å². The molecule has 2 heterocycles. The van der Waals surface area contributed by atoms with Gasteiger partial charge in [-0.05, 0) is 25.3 Å². The van der Waals surface area contributed by atoms with Gasteiger partial charge in [-0.1, -0.05) is 79.9 Å². The van der Waals surface area contributed by atoms with E-state index in [1.807, 2.05) is 77.1 Å². The van der Waals surface area contributed by atoms with Crippen LogP contribution in [0, 0.1) is 0 Å². The van der Waals surface area contributed by atoms with E-state index in [4.69, 9.17) is 0 Å². The molecule has 0 radical (unpaired) electrons. The van der Waals surface area contributed by atoms with Gasteiger partial charge in [-0.3, -0.25) is 13.9 Å². The Morgan fingerprint density at radius 2 is 1.53 bits per heavy atom. The fourth-order valence-corrected chi connectivity index (χ4v) is 5.55. The Balaban J connectivity index is 1.76. The minimum Gasteiger partial charge on any atom is -0.335 e. The Morgan fingerprint density at radius 1 is 0.912 bits per heavy atom. The Bertz CT molecular complexity index is 1170. The molecular weight excluding hydrogens is 424 g/mol. The van der Waals surface area contributed by atoms with Gasteiger partial charge in [-0.2, -0.15) is 0 Å². The molecule has 1 saturated carbocycles. The van der Waals surface area contributed by atoms with Gasteiger partial charge in [0.2, 0.25) is 0 Å². The third kappa shape index (κ3) is 4.23. The second-order valence-electron chi connectivity index (χ2n) is 9.51. The second-order valence-corrected chi connectivity index (χ2v) is 9.51. The Kier molecular flexibility index (Phi) is 6.68. The van der Waals surface area contributed by atoms with Crippen molar-refractivity contribution in [1.82, 2.24) is 19.4 Å². The molecule has 1 aromatic heterocycles. The zero-order valence-electron chi connectivity index (χ0n) is 20.0. The molecule has 0 spiro atoms. The summed E-state index contributed by atoms with van der Waals surface area (Å²) in [6, 6.07) is 19.9. The van der Waals surface area contributed by atoms with Crippen LogP contribution in [0.4, 0.5) is 0 Å². The van der Waals surface area contributed by atoms with Crippen molar-refractivity contribution >= 4 is 5.91 Å². The molecular formula is C28H34N4O2. The number of amides is 1. The van der Waals surface area contributed by atoms with Crippen LogP contribution in [0.1, 0.15) is 67.2 Å². The second kappa shape index (κ2) is 10.0. The van der Waals surface area contributed by atoms with Crippen molar-refractivity contribution in [3.8, 4) is 11.3 Å². The number of carbonyl (C=O) groups is 1. The number of benzene rings is 2. The van der Waals surface area contributed by atoms with Crippen LogP contribution in [0.25, 0.3) is 11.3 Å². The lowest BCUT2D eigenvalue weighted by Gasteiger charge is -2.29. The minimum atomic E-state index is -0.247. The summed E-state index contributed by atoms with van der Waals surface area (Å²) in [6.45, 7) is 4.87. The fourth-order valence-electron chi connectivity index (χ4n) is 5.55. The summed E-state index contributed by atoms with van der Waals surface area (Å²) in [6.07, 6.45) is 5.40. The summed E-state index contributed by atoms with van der Waals surface area (Å²) in [5.74, 6) is -0.0465. The molecule has 5 rings (SSSR count). The van der Waals surface area contributed by atoms with Gasteiger partial charge < -0.3 is 10.2 Å². The van der Waals surface area contributed by atoms with Gasteiger partial charge in [0.15, 0.2) is 0 Å². The van der Waals surface area contributed by atoms with Gasteiger partial charge >= 0.3 is 5.69 Å². The van der Waals surface area contributed by atoms with Crippen LogP contribution < -0.4 is 11.0 Å². The quantitative estimate of drug-likeness (QED) is 0.613. The van der Waals surface area contributed by atoms with Crippen molar-refractivity contribution in [2.24, 2.45) is 0 Å². The lowest BCUT2D eigenvalue weighted by molar-refractivity contribution is 0.0724. The zero-order chi connectivity index (χ0) is 23.5. The van der Waals surface area contributed by atoms with Crippen molar-refractivity contribution in [3.05, 3.63) is 82.4 Å². The highest BCUT2D eigenvalue weighted by molar-refractivity contribution is 5.99. The molecule has 0 bridgehead atoms. The molecule has 178 valence electrons. The maximum atomic E-state index is 14.2. The number of nitrogens with one attached hydrogen (secondary N) is 1. The van der Waals surface area contributed by atoms with Gasteiger partial charge in [0.25, 0.3) is 5.91 Å². The average molecular weight is 459 g/mol. The lowest BCUT2D eigenvalue weighted by Crippen LogP contribution is -2.47. The van der Waals surface area contributed by atoms with Crippen LogP contribution in [0.15, 0.2) is 65.5 Å². The highest BCUT2D eigenvalue weighted by atomic mass is 16.2. The van der Waals surface area contributed by atoms with Crippen molar-refractivity contribution in [3.63, 3.8) is 0 Å². The van der Waals surface area contributed by atoms with Crippen molar-refractivity contribution < 1.29 is 4.79 Å². The molecule has 2 fully saturated rings. The highest BCUT2D eigenvalue weighted by Gasteiger charge is 2.34. The van der Waals surface area contributed by atoms with Crippen LogP contribution in [0.2, 0.25) is 0 Å². The predicted molar refractivity (Wildman–Crippen MR) is 135 cm³/mol. The SMILES string of the molecule is CC(c1ccccc1)n1c(C(=O)N2CCNCC2)c(-c2ccccc2)n(C2CCCCC2)c1=O.